The lowest BCUT2D eigenvalue weighted by Crippen LogP contribution is -2.48. The number of halogens is 6. The van der Waals surface area contributed by atoms with Crippen LogP contribution in [0.4, 0.5) is 48.3 Å². The van der Waals surface area contributed by atoms with Crippen molar-refractivity contribution in [1.29, 1.82) is 0 Å². The summed E-state index contributed by atoms with van der Waals surface area (Å²) in [5.41, 5.74) is -2.43. The second kappa shape index (κ2) is 8.17. The summed E-state index contributed by atoms with van der Waals surface area (Å²) in [4.78, 5) is 21.5. The van der Waals surface area contributed by atoms with Crippen molar-refractivity contribution in [1.82, 2.24) is 4.98 Å². The quantitative estimate of drug-likeness (QED) is 0.388. The topological polar surface area (TPSA) is 73.2 Å². The van der Waals surface area contributed by atoms with Crippen LogP contribution in [0, 0.1) is 0 Å². The first-order valence-corrected chi connectivity index (χ1v) is 11.6. The molecule has 4 heterocycles. The number of urea groups is 1. The SMILES string of the molecule is O=C(Nc1cccc(C2(C(F)(F)F)N=N2)c1)N1c2nc(-c3cccc(C(F)(F)F)c3)ccc2N2CC[C@H]1C2. The molecule has 38 heavy (non-hydrogen) atoms. The predicted octanol–water partition coefficient (Wildman–Crippen LogP) is 6.58. The fraction of sp³-hybridized carbons (Fsp3) is 0.280. The Bertz CT molecular complexity index is 1460. The number of anilines is 3. The molecule has 1 fully saturated rings. The average Bonchev–Trinajstić information content (AvgIpc) is 3.60. The molecule has 1 saturated heterocycles. The van der Waals surface area contributed by atoms with E-state index in [4.69, 9.17) is 0 Å². The molecule has 2 bridgehead atoms. The van der Waals surface area contributed by atoms with E-state index < -0.39 is 29.6 Å². The van der Waals surface area contributed by atoms with Crippen molar-refractivity contribution in [2.45, 2.75) is 30.5 Å². The van der Waals surface area contributed by atoms with Gasteiger partial charge in [0.25, 0.3) is 0 Å². The number of hydrogen-bond acceptors (Lipinski definition) is 5. The molecular weight excluding hydrogens is 514 g/mol. The maximum absolute atomic E-state index is 13.5. The van der Waals surface area contributed by atoms with Gasteiger partial charge in [0.2, 0.25) is 0 Å². The number of fused-ring (bicyclic) bond motifs is 4. The summed E-state index contributed by atoms with van der Waals surface area (Å²) in [6.45, 7) is 1.18. The fourth-order valence-electron chi connectivity index (χ4n) is 4.93. The van der Waals surface area contributed by atoms with Gasteiger partial charge in [-0.05, 0) is 42.8 Å². The Morgan fingerprint density at radius 1 is 0.974 bits per heavy atom. The number of amides is 2. The number of pyridine rings is 1. The average molecular weight is 532 g/mol. The van der Waals surface area contributed by atoms with E-state index in [1.54, 1.807) is 12.1 Å². The number of aromatic nitrogens is 1. The molecule has 2 amide bonds. The zero-order valence-corrected chi connectivity index (χ0v) is 19.4. The summed E-state index contributed by atoms with van der Waals surface area (Å²) in [5.74, 6) is 0.265. The minimum Gasteiger partial charge on any atom is -0.366 e. The smallest absolute Gasteiger partial charge is 0.366 e. The highest BCUT2D eigenvalue weighted by atomic mass is 19.4. The van der Waals surface area contributed by atoms with Gasteiger partial charge in [-0.1, -0.05) is 24.3 Å². The molecule has 2 aromatic carbocycles. The molecule has 1 aromatic heterocycles. The van der Waals surface area contributed by atoms with Crippen molar-refractivity contribution in [2.75, 3.05) is 28.2 Å². The lowest BCUT2D eigenvalue weighted by Gasteiger charge is -2.36. The third-order valence-electron chi connectivity index (χ3n) is 6.87. The van der Waals surface area contributed by atoms with E-state index in [0.29, 0.717) is 25.2 Å². The van der Waals surface area contributed by atoms with Crippen LogP contribution in [0.5, 0.6) is 0 Å². The van der Waals surface area contributed by atoms with Gasteiger partial charge in [-0.2, -0.15) is 26.3 Å². The minimum absolute atomic E-state index is 0.115. The fourth-order valence-corrected chi connectivity index (χ4v) is 4.93. The summed E-state index contributed by atoms with van der Waals surface area (Å²) >= 11 is 0. The molecule has 0 saturated carbocycles. The monoisotopic (exact) mass is 532 g/mol. The summed E-state index contributed by atoms with van der Waals surface area (Å²) in [5, 5.41) is 9.04. The molecule has 0 unspecified atom stereocenters. The normalized spacial score (nSPS) is 19.4. The Kier molecular flexibility index (Phi) is 5.20. The van der Waals surface area contributed by atoms with Gasteiger partial charge in [-0.3, -0.25) is 4.90 Å². The lowest BCUT2D eigenvalue weighted by atomic mass is 10.0. The minimum atomic E-state index is -4.71. The Morgan fingerprint density at radius 3 is 2.45 bits per heavy atom. The zero-order chi connectivity index (χ0) is 26.9. The molecule has 6 rings (SSSR count). The van der Waals surface area contributed by atoms with Gasteiger partial charge in [-0.15, -0.1) is 10.2 Å². The molecule has 13 heteroatoms. The van der Waals surface area contributed by atoms with E-state index in [0.717, 1.165) is 12.1 Å². The summed E-state index contributed by atoms with van der Waals surface area (Å²) in [6, 6.07) is 12.4. The van der Waals surface area contributed by atoms with Crippen LogP contribution in [0.15, 0.2) is 70.9 Å². The summed E-state index contributed by atoms with van der Waals surface area (Å²) in [6.07, 6.45) is -8.61. The molecule has 1 atom stereocenters. The predicted molar refractivity (Wildman–Crippen MR) is 126 cm³/mol. The largest absolute Gasteiger partial charge is 0.442 e. The number of carbonyl (C=O) groups excluding carboxylic acids is 1. The van der Waals surface area contributed by atoms with E-state index in [-0.39, 0.29) is 34.4 Å². The van der Waals surface area contributed by atoms with Gasteiger partial charge < -0.3 is 10.2 Å². The van der Waals surface area contributed by atoms with Gasteiger partial charge in [0.05, 0.1) is 23.0 Å². The second-order valence-electron chi connectivity index (χ2n) is 9.26. The zero-order valence-electron chi connectivity index (χ0n) is 19.4. The number of rotatable bonds is 3. The van der Waals surface area contributed by atoms with Crippen LogP contribution in [-0.4, -0.2) is 36.3 Å². The van der Waals surface area contributed by atoms with Crippen molar-refractivity contribution in [3.05, 3.63) is 71.8 Å². The molecule has 3 aromatic rings. The number of carbonyl (C=O) groups is 1. The highest BCUT2D eigenvalue weighted by Crippen LogP contribution is 2.52. The van der Waals surface area contributed by atoms with E-state index in [2.05, 4.69) is 20.5 Å². The third-order valence-corrected chi connectivity index (χ3v) is 6.87. The molecule has 0 spiro atoms. The third kappa shape index (κ3) is 3.92. The van der Waals surface area contributed by atoms with Crippen molar-refractivity contribution in [3.63, 3.8) is 0 Å². The van der Waals surface area contributed by atoms with Gasteiger partial charge >= 0.3 is 24.0 Å². The molecule has 3 aliphatic rings. The number of nitrogens with zero attached hydrogens (tertiary/aromatic N) is 5. The van der Waals surface area contributed by atoms with Crippen molar-refractivity contribution < 1.29 is 31.1 Å². The molecule has 7 nitrogen and oxygen atoms in total. The van der Waals surface area contributed by atoms with Crippen LogP contribution < -0.4 is 15.1 Å². The first kappa shape index (κ1) is 24.2. The molecule has 1 N–H and O–H groups in total. The number of nitrogens with one attached hydrogen (secondary N) is 1. The summed E-state index contributed by atoms with van der Waals surface area (Å²) in [7, 11) is 0. The van der Waals surface area contributed by atoms with Crippen LogP contribution in [-0.2, 0) is 11.8 Å². The number of alkyl halides is 6. The van der Waals surface area contributed by atoms with Crippen LogP contribution in [0.25, 0.3) is 11.3 Å². The molecule has 3 aliphatic heterocycles. The van der Waals surface area contributed by atoms with Crippen molar-refractivity contribution in [3.8, 4) is 11.3 Å². The highest BCUT2D eigenvalue weighted by molar-refractivity contribution is 6.04. The van der Waals surface area contributed by atoms with Gasteiger partial charge in [0, 0.05) is 29.9 Å². The van der Waals surface area contributed by atoms with E-state index >= 15 is 0 Å². The van der Waals surface area contributed by atoms with E-state index in [1.807, 2.05) is 4.90 Å². The second-order valence-corrected chi connectivity index (χ2v) is 9.26. The van der Waals surface area contributed by atoms with Gasteiger partial charge in [0.1, 0.15) is 0 Å². The van der Waals surface area contributed by atoms with Gasteiger partial charge in [-0.25, -0.2) is 9.78 Å². The maximum atomic E-state index is 13.5. The lowest BCUT2D eigenvalue weighted by molar-refractivity contribution is -0.166. The van der Waals surface area contributed by atoms with E-state index in [1.165, 1.54) is 41.3 Å². The van der Waals surface area contributed by atoms with Crippen molar-refractivity contribution in [2.24, 2.45) is 10.2 Å². The van der Waals surface area contributed by atoms with Crippen LogP contribution in [0.1, 0.15) is 17.5 Å². The van der Waals surface area contributed by atoms with E-state index in [9.17, 15) is 31.1 Å². The number of hydrogen-bond donors (Lipinski definition) is 1. The Labute approximate surface area is 211 Å². The summed E-state index contributed by atoms with van der Waals surface area (Å²) < 4.78 is 80.1. The Balaban J connectivity index is 1.33. The highest BCUT2D eigenvalue weighted by Gasteiger charge is 2.65. The molecule has 0 aliphatic carbocycles. The molecule has 0 radical (unpaired) electrons. The maximum Gasteiger partial charge on any atom is 0.442 e. The first-order valence-electron chi connectivity index (χ1n) is 11.6. The van der Waals surface area contributed by atoms with Crippen LogP contribution in [0.2, 0.25) is 0 Å². The first-order chi connectivity index (χ1) is 18.0. The van der Waals surface area contributed by atoms with Crippen LogP contribution in [0.3, 0.4) is 0 Å². The van der Waals surface area contributed by atoms with Gasteiger partial charge in [0.15, 0.2) is 5.82 Å². The number of benzene rings is 2. The Morgan fingerprint density at radius 2 is 1.74 bits per heavy atom. The standard InChI is InChI=1S/C25H18F6N6O/c26-24(27,28)16-5-1-3-14(11-16)19-7-8-20-21(33-19)37(18-9-10-36(20)13-18)22(38)32-17-6-2-4-15(12-17)23(34-35-23)25(29,30)31/h1-8,11-12,18H,9-10,13H2,(H,32,38)/t18-/m0/s1. The van der Waals surface area contributed by atoms with Crippen molar-refractivity contribution >= 4 is 23.2 Å². The molecular formula is C25H18F6N6O. The van der Waals surface area contributed by atoms with Crippen LogP contribution >= 0.6 is 0 Å². The molecule has 196 valence electrons. The Hall–Kier alpha value is -4.16.